The maximum atomic E-state index is 12.7. The van der Waals surface area contributed by atoms with Gasteiger partial charge >= 0.3 is 0 Å². The minimum atomic E-state index is -0.163. The van der Waals surface area contributed by atoms with Gasteiger partial charge in [0.2, 0.25) is 0 Å². The summed E-state index contributed by atoms with van der Waals surface area (Å²) in [6, 6.07) is 15.8. The number of carbonyl (C=O) groups is 1. The number of rotatable bonds is 5. The highest BCUT2D eigenvalue weighted by molar-refractivity contribution is 6.04. The smallest absolute Gasteiger partial charge is 0.278 e. The normalized spacial score (nSPS) is 10.4. The van der Waals surface area contributed by atoms with E-state index in [1.807, 2.05) is 49.4 Å². The molecule has 5 heteroatoms. The Morgan fingerprint density at radius 3 is 2.27 bits per heavy atom. The SMILES string of the molecule is CCN(C(=O)c1cnc(Nc2cc(C)cc(C)c2)cn1)c1ccccc1. The lowest BCUT2D eigenvalue weighted by Gasteiger charge is -2.20. The largest absolute Gasteiger partial charge is 0.339 e. The zero-order valence-electron chi connectivity index (χ0n) is 15.2. The van der Waals surface area contributed by atoms with Gasteiger partial charge in [-0.2, -0.15) is 0 Å². The molecule has 5 nitrogen and oxygen atoms in total. The molecule has 0 saturated carbocycles. The van der Waals surface area contributed by atoms with Gasteiger partial charge in [0.25, 0.3) is 5.91 Å². The van der Waals surface area contributed by atoms with E-state index in [9.17, 15) is 4.79 Å². The van der Waals surface area contributed by atoms with Crippen molar-refractivity contribution >= 4 is 23.1 Å². The monoisotopic (exact) mass is 346 g/mol. The minimum absolute atomic E-state index is 0.163. The average molecular weight is 346 g/mol. The van der Waals surface area contributed by atoms with E-state index in [0.29, 0.717) is 18.1 Å². The van der Waals surface area contributed by atoms with Crippen molar-refractivity contribution in [3.05, 3.63) is 77.7 Å². The van der Waals surface area contributed by atoms with E-state index in [-0.39, 0.29) is 5.91 Å². The molecule has 1 amide bonds. The highest BCUT2D eigenvalue weighted by atomic mass is 16.2. The van der Waals surface area contributed by atoms with Crippen molar-refractivity contribution in [3.63, 3.8) is 0 Å². The Morgan fingerprint density at radius 1 is 1.00 bits per heavy atom. The molecule has 0 aliphatic heterocycles. The van der Waals surface area contributed by atoms with Gasteiger partial charge in [0, 0.05) is 17.9 Å². The van der Waals surface area contributed by atoms with Gasteiger partial charge in [-0.25, -0.2) is 9.97 Å². The molecule has 2 aromatic carbocycles. The molecule has 132 valence electrons. The Hall–Kier alpha value is -3.21. The third kappa shape index (κ3) is 4.06. The molecule has 0 atom stereocenters. The Labute approximate surface area is 153 Å². The highest BCUT2D eigenvalue weighted by Crippen LogP contribution is 2.19. The topological polar surface area (TPSA) is 58.1 Å². The van der Waals surface area contributed by atoms with Gasteiger partial charge in [-0.3, -0.25) is 4.79 Å². The number of para-hydroxylation sites is 1. The van der Waals surface area contributed by atoms with Gasteiger partial charge in [0.05, 0.1) is 12.4 Å². The second-order valence-corrected chi connectivity index (χ2v) is 6.17. The summed E-state index contributed by atoms with van der Waals surface area (Å²) in [6.45, 7) is 6.60. The summed E-state index contributed by atoms with van der Waals surface area (Å²) in [7, 11) is 0. The van der Waals surface area contributed by atoms with Crippen molar-refractivity contribution in [1.29, 1.82) is 0 Å². The maximum absolute atomic E-state index is 12.7. The molecule has 0 bridgehead atoms. The Morgan fingerprint density at radius 2 is 1.69 bits per heavy atom. The Balaban J connectivity index is 1.77. The van der Waals surface area contributed by atoms with Gasteiger partial charge in [-0.1, -0.05) is 24.3 Å². The molecule has 1 N–H and O–H groups in total. The predicted molar refractivity (Wildman–Crippen MR) is 105 cm³/mol. The molecular formula is C21H22N4O. The van der Waals surface area contributed by atoms with Crippen LogP contribution in [0.25, 0.3) is 0 Å². The van der Waals surface area contributed by atoms with Gasteiger partial charge in [-0.15, -0.1) is 0 Å². The van der Waals surface area contributed by atoms with Gasteiger partial charge < -0.3 is 10.2 Å². The number of aromatic nitrogens is 2. The first-order valence-electron chi connectivity index (χ1n) is 8.61. The third-order valence-electron chi connectivity index (χ3n) is 3.99. The van der Waals surface area contributed by atoms with E-state index in [0.717, 1.165) is 11.4 Å². The van der Waals surface area contributed by atoms with E-state index in [1.54, 1.807) is 11.1 Å². The van der Waals surface area contributed by atoms with Crippen LogP contribution in [0.5, 0.6) is 0 Å². The summed E-state index contributed by atoms with van der Waals surface area (Å²) in [5, 5.41) is 3.23. The van der Waals surface area contributed by atoms with Crippen LogP contribution in [0.1, 0.15) is 28.5 Å². The molecule has 3 aromatic rings. The summed E-state index contributed by atoms with van der Waals surface area (Å²) in [6.07, 6.45) is 3.10. The van der Waals surface area contributed by atoms with E-state index in [1.165, 1.54) is 17.3 Å². The molecule has 3 rings (SSSR count). The van der Waals surface area contributed by atoms with Crippen LogP contribution in [0.2, 0.25) is 0 Å². The molecule has 0 unspecified atom stereocenters. The Kier molecular flexibility index (Phi) is 5.27. The lowest BCUT2D eigenvalue weighted by Crippen LogP contribution is -2.31. The van der Waals surface area contributed by atoms with Crippen LogP contribution in [0.4, 0.5) is 17.2 Å². The van der Waals surface area contributed by atoms with Gasteiger partial charge in [0.1, 0.15) is 11.5 Å². The number of nitrogens with zero attached hydrogens (tertiary/aromatic N) is 3. The number of amides is 1. The lowest BCUT2D eigenvalue weighted by molar-refractivity contribution is 0.0983. The first kappa shape index (κ1) is 17.6. The van der Waals surface area contributed by atoms with E-state index < -0.39 is 0 Å². The van der Waals surface area contributed by atoms with Gasteiger partial charge in [0.15, 0.2) is 0 Å². The number of aryl methyl sites for hydroxylation is 2. The molecule has 0 aliphatic rings. The first-order valence-corrected chi connectivity index (χ1v) is 8.61. The van der Waals surface area contributed by atoms with E-state index in [2.05, 4.69) is 35.2 Å². The number of hydrogen-bond acceptors (Lipinski definition) is 4. The number of benzene rings is 2. The molecule has 0 radical (unpaired) electrons. The summed E-state index contributed by atoms with van der Waals surface area (Å²) < 4.78 is 0. The van der Waals surface area contributed by atoms with Crippen molar-refractivity contribution < 1.29 is 4.79 Å². The molecule has 1 heterocycles. The molecule has 0 saturated heterocycles. The van der Waals surface area contributed by atoms with Crippen LogP contribution >= 0.6 is 0 Å². The van der Waals surface area contributed by atoms with Crippen molar-refractivity contribution in [3.8, 4) is 0 Å². The van der Waals surface area contributed by atoms with Crippen molar-refractivity contribution in [2.45, 2.75) is 20.8 Å². The fraction of sp³-hybridized carbons (Fsp3) is 0.190. The zero-order valence-corrected chi connectivity index (χ0v) is 15.2. The quantitative estimate of drug-likeness (QED) is 0.739. The molecular weight excluding hydrogens is 324 g/mol. The number of hydrogen-bond donors (Lipinski definition) is 1. The van der Waals surface area contributed by atoms with Crippen LogP contribution < -0.4 is 10.2 Å². The second-order valence-electron chi connectivity index (χ2n) is 6.17. The summed E-state index contributed by atoms with van der Waals surface area (Å²) in [5.74, 6) is 0.443. The highest BCUT2D eigenvalue weighted by Gasteiger charge is 2.17. The number of anilines is 3. The average Bonchev–Trinajstić information content (AvgIpc) is 2.63. The second kappa shape index (κ2) is 7.78. The van der Waals surface area contributed by atoms with E-state index >= 15 is 0 Å². The van der Waals surface area contributed by atoms with Gasteiger partial charge in [-0.05, 0) is 56.2 Å². The minimum Gasteiger partial charge on any atom is -0.339 e. The van der Waals surface area contributed by atoms with Crippen molar-refractivity contribution in [1.82, 2.24) is 9.97 Å². The molecule has 0 aliphatic carbocycles. The number of carbonyl (C=O) groups excluding carboxylic acids is 1. The first-order chi connectivity index (χ1) is 12.6. The van der Waals surface area contributed by atoms with Crippen LogP contribution in [-0.4, -0.2) is 22.4 Å². The van der Waals surface area contributed by atoms with E-state index in [4.69, 9.17) is 0 Å². The summed E-state index contributed by atoms with van der Waals surface area (Å²) in [5.41, 5.74) is 4.47. The zero-order chi connectivity index (χ0) is 18.5. The fourth-order valence-electron chi connectivity index (χ4n) is 2.89. The van der Waals surface area contributed by atoms with Crippen molar-refractivity contribution in [2.75, 3.05) is 16.8 Å². The van der Waals surface area contributed by atoms with Crippen LogP contribution in [0.3, 0.4) is 0 Å². The molecule has 0 spiro atoms. The Bertz CT molecular complexity index is 871. The predicted octanol–water partition coefficient (Wildman–Crippen LogP) is 4.50. The molecule has 0 fully saturated rings. The standard InChI is InChI=1S/C21H22N4O/c1-4-25(18-8-6-5-7-9-18)21(26)19-13-23-20(14-22-19)24-17-11-15(2)10-16(3)12-17/h5-14H,4H2,1-3H3,(H,23,24). The van der Waals surface area contributed by atoms with Crippen molar-refractivity contribution in [2.24, 2.45) is 0 Å². The summed E-state index contributed by atoms with van der Waals surface area (Å²) in [4.78, 5) is 23.1. The van der Waals surface area contributed by atoms with Crippen LogP contribution in [0.15, 0.2) is 60.9 Å². The summed E-state index contributed by atoms with van der Waals surface area (Å²) >= 11 is 0. The lowest BCUT2D eigenvalue weighted by atomic mass is 10.1. The van der Waals surface area contributed by atoms with Crippen LogP contribution in [-0.2, 0) is 0 Å². The van der Waals surface area contributed by atoms with Crippen LogP contribution in [0, 0.1) is 13.8 Å². The molecule has 26 heavy (non-hydrogen) atoms. The number of nitrogens with one attached hydrogen (secondary N) is 1. The molecule has 1 aromatic heterocycles. The fourth-order valence-corrected chi connectivity index (χ4v) is 2.89. The maximum Gasteiger partial charge on any atom is 0.278 e. The third-order valence-corrected chi connectivity index (χ3v) is 3.99.